The molecule has 0 aliphatic rings. The molecule has 0 heterocycles. The van der Waals surface area contributed by atoms with Gasteiger partial charge in [0.15, 0.2) is 0 Å². The number of anilines is 2. The third-order valence-electron chi connectivity index (χ3n) is 2.88. The van der Waals surface area contributed by atoms with Crippen molar-refractivity contribution in [1.29, 1.82) is 0 Å². The van der Waals surface area contributed by atoms with Crippen LogP contribution < -0.4 is 15.8 Å². The van der Waals surface area contributed by atoms with E-state index in [2.05, 4.69) is 5.32 Å². The fraction of sp³-hybridized carbons (Fsp3) is 0.133. The molecule has 0 saturated heterocycles. The van der Waals surface area contributed by atoms with Gasteiger partial charge < -0.3 is 15.8 Å². The summed E-state index contributed by atoms with van der Waals surface area (Å²) in [7, 11) is 1.65. The highest BCUT2D eigenvalue weighted by molar-refractivity contribution is 7.80. The molecule has 0 aromatic heterocycles. The molecule has 98 valence electrons. The van der Waals surface area contributed by atoms with Crippen LogP contribution in [-0.2, 0) is 0 Å². The third kappa shape index (κ3) is 3.03. The van der Waals surface area contributed by atoms with E-state index in [1.54, 1.807) is 7.11 Å². The lowest BCUT2D eigenvalue weighted by molar-refractivity contribution is 0.415. The Balaban J connectivity index is 2.40. The van der Waals surface area contributed by atoms with E-state index in [-0.39, 0.29) is 0 Å². The van der Waals surface area contributed by atoms with Crippen LogP contribution in [-0.4, -0.2) is 12.1 Å². The number of methoxy groups -OCH3 is 1. The number of para-hydroxylation sites is 1. The molecule has 0 saturated carbocycles. The van der Waals surface area contributed by atoms with Crippen LogP contribution in [0.1, 0.15) is 11.1 Å². The largest absolute Gasteiger partial charge is 0.497 e. The summed E-state index contributed by atoms with van der Waals surface area (Å²) in [6.45, 7) is 2.02. The Morgan fingerprint density at radius 1 is 1.21 bits per heavy atom. The Morgan fingerprint density at radius 2 is 1.95 bits per heavy atom. The summed E-state index contributed by atoms with van der Waals surface area (Å²) in [5.74, 6) is 0.801. The van der Waals surface area contributed by atoms with E-state index in [1.807, 2.05) is 49.4 Å². The van der Waals surface area contributed by atoms with Crippen LogP contribution in [0.2, 0.25) is 0 Å². The number of hydrogen-bond donors (Lipinski definition) is 2. The molecule has 4 heteroatoms. The molecule has 2 aromatic rings. The van der Waals surface area contributed by atoms with Crippen molar-refractivity contribution in [2.75, 3.05) is 12.4 Å². The molecule has 0 bridgehead atoms. The molecule has 0 unspecified atom stereocenters. The van der Waals surface area contributed by atoms with Crippen LogP contribution in [0, 0.1) is 6.92 Å². The van der Waals surface area contributed by atoms with E-state index in [0.29, 0.717) is 4.99 Å². The molecule has 2 aromatic carbocycles. The van der Waals surface area contributed by atoms with Crippen molar-refractivity contribution in [3.8, 4) is 5.75 Å². The van der Waals surface area contributed by atoms with Gasteiger partial charge in [-0.1, -0.05) is 30.4 Å². The average molecular weight is 272 g/mol. The second kappa shape index (κ2) is 5.71. The van der Waals surface area contributed by atoms with Crippen molar-refractivity contribution >= 4 is 28.6 Å². The van der Waals surface area contributed by atoms with Gasteiger partial charge in [-0.2, -0.15) is 0 Å². The number of aryl methyl sites for hydroxylation is 1. The van der Waals surface area contributed by atoms with Gasteiger partial charge in [-0.3, -0.25) is 0 Å². The van der Waals surface area contributed by atoms with Crippen LogP contribution >= 0.6 is 12.2 Å². The van der Waals surface area contributed by atoms with Gasteiger partial charge >= 0.3 is 0 Å². The van der Waals surface area contributed by atoms with Crippen molar-refractivity contribution in [1.82, 2.24) is 0 Å². The van der Waals surface area contributed by atoms with Gasteiger partial charge in [0.25, 0.3) is 0 Å². The van der Waals surface area contributed by atoms with Gasteiger partial charge in [-0.15, -0.1) is 0 Å². The van der Waals surface area contributed by atoms with Crippen molar-refractivity contribution in [2.45, 2.75) is 6.92 Å². The molecule has 3 nitrogen and oxygen atoms in total. The molecular formula is C15H16N2OS. The van der Waals surface area contributed by atoms with Crippen LogP contribution in [0.25, 0.3) is 0 Å². The van der Waals surface area contributed by atoms with E-state index >= 15 is 0 Å². The number of rotatable bonds is 4. The minimum atomic E-state index is 0.383. The summed E-state index contributed by atoms with van der Waals surface area (Å²) < 4.78 is 5.21. The van der Waals surface area contributed by atoms with Crippen LogP contribution in [0.3, 0.4) is 0 Å². The standard InChI is InChI=1S/C15H16N2OS/c1-10-5-3-8-13(15(16)19)14(10)17-11-6-4-7-12(9-11)18-2/h3-9,17H,1-2H3,(H2,16,19). The lowest BCUT2D eigenvalue weighted by Crippen LogP contribution is -2.12. The van der Waals surface area contributed by atoms with Gasteiger partial charge in [-0.25, -0.2) is 0 Å². The lowest BCUT2D eigenvalue weighted by Gasteiger charge is -2.14. The fourth-order valence-corrected chi connectivity index (χ4v) is 2.05. The first-order valence-electron chi connectivity index (χ1n) is 5.92. The maximum atomic E-state index is 5.76. The monoisotopic (exact) mass is 272 g/mol. The average Bonchev–Trinajstić information content (AvgIpc) is 2.41. The summed E-state index contributed by atoms with van der Waals surface area (Å²) in [5, 5.41) is 3.35. The molecule has 0 aliphatic heterocycles. The van der Waals surface area contributed by atoms with Crippen LogP contribution in [0.5, 0.6) is 5.75 Å². The summed E-state index contributed by atoms with van der Waals surface area (Å²) in [4.78, 5) is 0.383. The molecule has 0 aliphatic carbocycles. The molecule has 0 fully saturated rings. The first-order chi connectivity index (χ1) is 9.11. The Labute approximate surface area is 118 Å². The Hall–Kier alpha value is -2.07. The molecule has 0 radical (unpaired) electrons. The highest BCUT2D eigenvalue weighted by Crippen LogP contribution is 2.26. The zero-order chi connectivity index (χ0) is 13.8. The number of benzene rings is 2. The van der Waals surface area contributed by atoms with Crippen LogP contribution in [0.15, 0.2) is 42.5 Å². The number of nitrogens with one attached hydrogen (secondary N) is 1. The Bertz CT molecular complexity index is 611. The summed E-state index contributed by atoms with van der Waals surface area (Å²) in [5.41, 5.74) is 9.57. The van der Waals surface area contributed by atoms with Gasteiger partial charge in [0, 0.05) is 17.3 Å². The topological polar surface area (TPSA) is 47.3 Å². The van der Waals surface area contributed by atoms with Gasteiger partial charge in [0.1, 0.15) is 10.7 Å². The van der Waals surface area contributed by atoms with Crippen LogP contribution in [0.4, 0.5) is 11.4 Å². The minimum Gasteiger partial charge on any atom is -0.497 e. The number of ether oxygens (including phenoxy) is 1. The van der Waals surface area contributed by atoms with Gasteiger partial charge in [0.05, 0.1) is 12.8 Å². The third-order valence-corrected chi connectivity index (χ3v) is 3.10. The number of hydrogen-bond acceptors (Lipinski definition) is 3. The van der Waals surface area contributed by atoms with E-state index in [0.717, 1.165) is 28.3 Å². The zero-order valence-corrected chi connectivity index (χ0v) is 11.8. The maximum Gasteiger partial charge on any atom is 0.120 e. The smallest absolute Gasteiger partial charge is 0.120 e. The number of nitrogens with two attached hydrogens (primary N) is 1. The lowest BCUT2D eigenvalue weighted by atomic mass is 10.1. The quantitative estimate of drug-likeness (QED) is 0.838. The summed E-state index contributed by atoms with van der Waals surface area (Å²) in [6.07, 6.45) is 0. The van der Waals surface area contributed by atoms with E-state index in [1.165, 1.54) is 0 Å². The normalized spacial score (nSPS) is 10.0. The maximum absolute atomic E-state index is 5.76. The summed E-state index contributed by atoms with van der Waals surface area (Å²) in [6, 6.07) is 13.6. The molecule has 3 N–H and O–H groups in total. The molecule has 0 spiro atoms. The van der Waals surface area contributed by atoms with Crippen molar-refractivity contribution in [2.24, 2.45) is 5.73 Å². The second-order valence-electron chi connectivity index (χ2n) is 4.22. The summed E-state index contributed by atoms with van der Waals surface area (Å²) >= 11 is 5.09. The SMILES string of the molecule is COc1cccc(Nc2c(C)cccc2C(N)=S)c1. The Kier molecular flexibility index (Phi) is 4.02. The molecule has 0 atom stereocenters. The molecule has 0 amide bonds. The number of thiocarbonyl (C=S) groups is 1. The molecule has 19 heavy (non-hydrogen) atoms. The molecular weight excluding hydrogens is 256 g/mol. The van der Waals surface area contributed by atoms with Crippen molar-refractivity contribution in [3.05, 3.63) is 53.6 Å². The van der Waals surface area contributed by atoms with Gasteiger partial charge in [-0.05, 0) is 30.7 Å². The highest BCUT2D eigenvalue weighted by atomic mass is 32.1. The van der Waals surface area contributed by atoms with E-state index in [9.17, 15) is 0 Å². The highest BCUT2D eigenvalue weighted by Gasteiger charge is 2.08. The zero-order valence-electron chi connectivity index (χ0n) is 10.9. The van der Waals surface area contributed by atoms with Gasteiger partial charge in [0.2, 0.25) is 0 Å². The van der Waals surface area contributed by atoms with Crippen molar-refractivity contribution < 1.29 is 4.74 Å². The van der Waals surface area contributed by atoms with Crippen molar-refractivity contribution in [3.63, 3.8) is 0 Å². The Morgan fingerprint density at radius 3 is 2.63 bits per heavy atom. The predicted octanol–water partition coefficient (Wildman–Crippen LogP) is 3.38. The predicted molar refractivity (Wildman–Crippen MR) is 83.3 cm³/mol. The first kappa shape index (κ1) is 13.4. The fourth-order valence-electron chi connectivity index (χ4n) is 1.88. The molecule has 2 rings (SSSR count). The first-order valence-corrected chi connectivity index (χ1v) is 6.33. The second-order valence-corrected chi connectivity index (χ2v) is 4.66. The van der Waals surface area contributed by atoms with E-state index < -0.39 is 0 Å². The minimum absolute atomic E-state index is 0.383. The van der Waals surface area contributed by atoms with E-state index in [4.69, 9.17) is 22.7 Å².